The Balaban J connectivity index is 2.58. The summed E-state index contributed by atoms with van der Waals surface area (Å²) < 4.78 is 4.99. The highest BCUT2D eigenvalue weighted by Gasteiger charge is 2.05. The van der Waals surface area contributed by atoms with Crippen molar-refractivity contribution in [2.45, 2.75) is 25.9 Å². The van der Waals surface area contributed by atoms with Crippen LogP contribution in [0.1, 0.15) is 18.9 Å². The molecule has 0 saturated carbocycles. The lowest BCUT2D eigenvalue weighted by molar-refractivity contribution is 0.405. The first-order valence-electron chi connectivity index (χ1n) is 5.13. The van der Waals surface area contributed by atoms with Gasteiger partial charge in [0.2, 0.25) is 0 Å². The van der Waals surface area contributed by atoms with Gasteiger partial charge in [0.05, 0.1) is 19.6 Å². The highest BCUT2D eigenvalue weighted by molar-refractivity contribution is 5.39. The van der Waals surface area contributed by atoms with E-state index >= 15 is 0 Å². The SMILES string of the molecule is COc1ccc(CNC(C)CC#N)c(O)c1. The predicted molar refractivity (Wildman–Crippen MR) is 61.2 cm³/mol. The molecule has 1 rings (SSSR count). The number of nitrogens with zero attached hydrogens (tertiary/aromatic N) is 1. The summed E-state index contributed by atoms with van der Waals surface area (Å²) in [4.78, 5) is 0. The number of aromatic hydroxyl groups is 1. The normalized spacial score (nSPS) is 11.8. The molecule has 4 nitrogen and oxygen atoms in total. The average Bonchev–Trinajstić information content (AvgIpc) is 2.27. The van der Waals surface area contributed by atoms with Crippen molar-refractivity contribution in [3.63, 3.8) is 0 Å². The van der Waals surface area contributed by atoms with Crippen LogP contribution in [0.4, 0.5) is 0 Å². The van der Waals surface area contributed by atoms with Crippen molar-refractivity contribution < 1.29 is 9.84 Å². The number of hydrogen-bond acceptors (Lipinski definition) is 4. The van der Waals surface area contributed by atoms with Gasteiger partial charge in [0, 0.05) is 24.2 Å². The van der Waals surface area contributed by atoms with Gasteiger partial charge in [0.25, 0.3) is 0 Å². The van der Waals surface area contributed by atoms with Crippen molar-refractivity contribution in [3.05, 3.63) is 23.8 Å². The maximum Gasteiger partial charge on any atom is 0.123 e. The van der Waals surface area contributed by atoms with E-state index in [2.05, 4.69) is 11.4 Å². The number of phenolic OH excluding ortho intramolecular Hbond substituents is 1. The second kappa shape index (κ2) is 5.99. The molecule has 1 aromatic carbocycles. The van der Waals surface area contributed by atoms with E-state index in [0.717, 1.165) is 5.56 Å². The molecule has 4 heteroatoms. The summed E-state index contributed by atoms with van der Waals surface area (Å²) >= 11 is 0. The summed E-state index contributed by atoms with van der Waals surface area (Å²) in [7, 11) is 1.56. The van der Waals surface area contributed by atoms with Crippen LogP contribution in [0.15, 0.2) is 18.2 Å². The van der Waals surface area contributed by atoms with Gasteiger partial charge in [0.15, 0.2) is 0 Å². The van der Waals surface area contributed by atoms with E-state index in [1.54, 1.807) is 25.3 Å². The van der Waals surface area contributed by atoms with Crippen LogP contribution in [-0.4, -0.2) is 18.3 Å². The van der Waals surface area contributed by atoms with Crippen LogP contribution in [0.5, 0.6) is 11.5 Å². The Morgan fingerprint density at radius 2 is 2.31 bits per heavy atom. The Hall–Kier alpha value is -1.73. The van der Waals surface area contributed by atoms with E-state index in [1.165, 1.54) is 0 Å². The summed E-state index contributed by atoms with van der Waals surface area (Å²) in [5.74, 6) is 0.835. The molecular formula is C12H16N2O2. The van der Waals surface area contributed by atoms with Gasteiger partial charge in [-0.1, -0.05) is 6.07 Å². The number of benzene rings is 1. The maximum absolute atomic E-state index is 9.68. The van der Waals surface area contributed by atoms with E-state index in [4.69, 9.17) is 10.00 Å². The molecule has 2 N–H and O–H groups in total. The van der Waals surface area contributed by atoms with Crippen molar-refractivity contribution in [1.29, 1.82) is 5.26 Å². The zero-order valence-corrected chi connectivity index (χ0v) is 9.53. The first-order chi connectivity index (χ1) is 7.67. The number of nitrogens with one attached hydrogen (secondary N) is 1. The van der Waals surface area contributed by atoms with E-state index < -0.39 is 0 Å². The topological polar surface area (TPSA) is 65.3 Å². The summed E-state index contributed by atoms with van der Waals surface area (Å²) in [6.45, 7) is 2.47. The lowest BCUT2D eigenvalue weighted by atomic mass is 10.1. The highest BCUT2D eigenvalue weighted by Crippen LogP contribution is 2.23. The largest absolute Gasteiger partial charge is 0.507 e. The smallest absolute Gasteiger partial charge is 0.123 e. The number of hydrogen-bond donors (Lipinski definition) is 2. The third kappa shape index (κ3) is 3.44. The Morgan fingerprint density at radius 1 is 1.56 bits per heavy atom. The lowest BCUT2D eigenvalue weighted by Crippen LogP contribution is -2.24. The molecule has 0 fully saturated rings. The van der Waals surface area contributed by atoms with Crippen LogP contribution in [0, 0.1) is 11.3 Å². The quantitative estimate of drug-likeness (QED) is 0.794. The third-order valence-electron chi connectivity index (χ3n) is 2.33. The van der Waals surface area contributed by atoms with Crippen molar-refractivity contribution in [1.82, 2.24) is 5.32 Å². The van der Waals surface area contributed by atoms with Gasteiger partial charge in [-0.15, -0.1) is 0 Å². The Morgan fingerprint density at radius 3 is 2.88 bits per heavy atom. The first-order valence-corrected chi connectivity index (χ1v) is 5.13. The molecule has 0 bridgehead atoms. The molecule has 16 heavy (non-hydrogen) atoms. The fraction of sp³-hybridized carbons (Fsp3) is 0.417. The van der Waals surface area contributed by atoms with E-state index in [-0.39, 0.29) is 11.8 Å². The number of ether oxygens (including phenoxy) is 1. The molecule has 0 amide bonds. The van der Waals surface area contributed by atoms with Gasteiger partial charge in [-0.2, -0.15) is 5.26 Å². The molecule has 0 radical (unpaired) electrons. The summed E-state index contributed by atoms with van der Waals surface area (Å²) in [6.07, 6.45) is 0.455. The molecule has 1 unspecified atom stereocenters. The van der Waals surface area contributed by atoms with Crippen molar-refractivity contribution in [2.24, 2.45) is 0 Å². The lowest BCUT2D eigenvalue weighted by Gasteiger charge is -2.11. The van der Waals surface area contributed by atoms with Gasteiger partial charge in [0.1, 0.15) is 11.5 Å². The molecule has 1 aromatic rings. The van der Waals surface area contributed by atoms with Gasteiger partial charge >= 0.3 is 0 Å². The molecule has 1 atom stereocenters. The Labute approximate surface area is 95.5 Å². The van der Waals surface area contributed by atoms with Crippen LogP contribution in [0.25, 0.3) is 0 Å². The molecule has 86 valence electrons. The predicted octanol–water partition coefficient (Wildman–Crippen LogP) is 1.79. The monoisotopic (exact) mass is 220 g/mol. The fourth-order valence-electron chi connectivity index (χ4n) is 1.31. The summed E-state index contributed by atoms with van der Waals surface area (Å²) in [5, 5.41) is 21.3. The highest BCUT2D eigenvalue weighted by atomic mass is 16.5. The second-order valence-electron chi connectivity index (χ2n) is 3.64. The fourth-order valence-corrected chi connectivity index (χ4v) is 1.31. The molecular weight excluding hydrogens is 204 g/mol. The van der Waals surface area contributed by atoms with Crippen LogP contribution in [0.2, 0.25) is 0 Å². The molecule has 0 heterocycles. The van der Waals surface area contributed by atoms with Gasteiger partial charge < -0.3 is 15.2 Å². The minimum Gasteiger partial charge on any atom is -0.507 e. The van der Waals surface area contributed by atoms with E-state index in [0.29, 0.717) is 18.7 Å². The van der Waals surface area contributed by atoms with Crippen molar-refractivity contribution in [3.8, 4) is 17.6 Å². The first kappa shape index (κ1) is 12.3. The molecule has 0 aliphatic carbocycles. The van der Waals surface area contributed by atoms with Gasteiger partial charge in [-0.3, -0.25) is 0 Å². The average molecular weight is 220 g/mol. The Kier molecular flexibility index (Phi) is 4.62. The minimum absolute atomic E-state index is 0.117. The van der Waals surface area contributed by atoms with Crippen molar-refractivity contribution in [2.75, 3.05) is 7.11 Å². The van der Waals surface area contributed by atoms with E-state index in [9.17, 15) is 5.11 Å². The molecule has 0 spiro atoms. The second-order valence-corrected chi connectivity index (χ2v) is 3.64. The number of nitriles is 1. The molecule has 0 aromatic heterocycles. The number of phenols is 1. The van der Waals surface area contributed by atoms with Crippen LogP contribution in [0.3, 0.4) is 0 Å². The zero-order valence-electron chi connectivity index (χ0n) is 9.53. The van der Waals surface area contributed by atoms with Crippen LogP contribution in [-0.2, 0) is 6.54 Å². The molecule has 0 aliphatic rings. The standard InChI is InChI=1S/C12H16N2O2/c1-9(5-6-13)14-8-10-3-4-11(16-2)7-12(10)15/h3-4,7,9,14-15H,5,8H2,1-2H3. The molecule has 0 aliphatic heterocycles. The van der Waals surface area contributed by atoms with Crippen LogP contribution < -0.4 is 10.1 Å². The van der Waals surface area contributed by atoms with E-state index in [1.807, 2.05) is 6.92 Å². The van der Waals surface area contributed by atoms with Crippen molar-refractivity contribution >= 4 is 0 Å². The summed E-state index contributed by atoms with van der Waals surface area (Å²) in [5.41, 5.74) is 0.797. The Bertz CT molecular complexity index is 385. The van der Waals surface area contributed by atoms with Crippen LogP contribution >= 0.6 is 0 Å². The zero-order chi connectivity index (χ0) is 12.0. The number of methoxy groups -OCH3 is 1. The summed E-state index contributed by atoms with van der Waals surface area (Å²) in [6, 6.07) is 7.39. The minimum atomic E-state index is 0.117. The van der Waals surface area contributed by atoms with Gasteiger partial charge in [-0.25, -0.2) is 0 Å². The number of rotatable bonds is 5. The van der Waals surface area contributed by atoms with Gasteiger partial charge in [-0.05, 0) is 13.0 Å². The molecule has 0 saturated heterocycles. The maximum atomic E-state index is 9.68. The third-order valence-corrected chi connectivity index (χ3v) is 2.33.